The molecular formula is C18H19FN8O. The van der Waals surface area contributed by atoms with Gasteiger partial charge in [0, 0.05) is 31.5 Å². The maximum Gasteiger partial charge on any atom is 0.241 e. The van der Waals surface area contributed by atoms with Crippen LogP contribution in [0.1, 0.15) is 6.92 Å². The van der Waals surface area contributed by atoms with Gasteiger partial charge in [0.2, 0.25) is 5.95 Å². The molecular weight excluding hydrogens is 363 g/mol. The highest BCUT2D eigenvalue weighted by Crippen LogP contribution is 2.32. The Kier molecular flexibility index (Phi) is 3.86. The first-order valence-electron chi connectivity index (χ1n) is 9.05. The number of H-pyrrole nitrogens is 1. The van der Waals surface area contributed by atoms with E-state index in [2.05, 4.69) is 32.1 Å². The molecule has 4 aromatic rings. The number of halogens is 1. The molecule has 4 aromatic heterocycles. The molecule has 9 nitrogen and oxygen atoms in total. The molecule has 10 heteroatoms. The number of aromatic amines is 1. The van der Waals surface area contributed by atoms with Gasteiger partial charge in [0.1, 0.15) is 11.2 Å². The number of anilines is 1. The summed E-state index contributed by atoms with van der Waals surface area (Å²) in [6.45, 7) is 4.03. The lowest BCUT2D eigenvalue weighted by molar-refractivity contribution is 0.0984. The number of hydrogen-bond donors (Lipinski definition) is 1. The van der Waals surface area contributed by atoms with E-state index in [1.807, 2.05) is 19.2 Å². The van der Waals surface area contributed by atoms with Crippen LogP contribution in [0.2, 0.25) is 0 Å². The van der Waals surface area contributed by atoms with E-state index in [0.29, 0.717) is 42.4 Å². The molecule has 0 aromatic carbocycles. The summed E-state index contributed by atoms with van der Waals surface area (Å²) in [4.78, 5) is 6.29. The second kappa shape index (κ2) is 6.41. The first kappa shape index (κ1) is 16.9. The van der Waals surface area contributed by atoms with Crippen molar-refractivity contribution in [1.29, 1.82) is 0 Å². The molecule has 1 aliphatic heterocycles. The summed E-state index contributed by atoms with van der Waals surface area (Å²) in [6.07, 6.45) is 3.29. The summed E-state index contributed by atoms with van der Waals surface area (Å²) in [6, 6.07) is 5.64. The number of fused-ring (bicyclic) bond motifs is 1. The zero-order valence-electron chi connectivity index (χ0n) is 15.5. The van der Waals surface area contributed by atoms with E-state index in [9.17, 15) is 4.39 Å². The Morgan fingerprint density at radius 3 is 2.89 bits per heavy atom. The van der Waals surface area contributed by atoms with Crippen molar-refractivity contribution < 1.29 is 9.13 Å². The molecule has 0 aliphatic carbocycles. The maximum atomic E-state index is 15.0. The Morgan fingerprint density at radius 2 is 2.18 bits per heavy atom. The van der Waals surface area contributed by atoms with E-state index in [1.54, 1.807) is 27.7 Å². The molecule has 1 aliphatic rings. The van der Waals surface area contributed by atoms with E-state index in [-0.39, 0.29) is 6.04 Å². The van der Waals surface area contributed by atoms with Crippen molar-refractivity contribution in [3.8, 4) is 22.8 Å². The standard InChI is InChI=1S/C18H19FN8O/c1-11-10-28-8-7-26(11)15-9-12(14-4-6-21-25(14)2)16-17(19)22-18(27(16)24-15)13-3-5-20-23-13/h3-6,9,11H,7-8,10H2,1-2H3,(H,20,23). The van der Waals surface area contributed by atoms with Gasteiger partial charge in [-0.15, -0.1) is 5.10 Å². The van der Waals surface area contributed by atoms with Gasteiger partial charge in [-0.25, -0.2) is 4.52 Å². The van der Waals surface area contributed by atoms with Crippen LogP contribution in [-0.2, 0) is 11.8 Å². The van der Waals surface area contributed by atoms with Gasteiger partial charge in [0.05, 0.1) is 24.9 Å². The highest BCUT2D eigenvalue weighted by Gasteiger charge is 2.26. The van der Waals surface area contributed by atoms with Crippen LogP contribution in [0.4, 0.5) is 10.2 Å². The molecule has 0 saturated carbocycles. The minimum atomic E-state index is -0.588. The summed E-state index contributed by atoms with van der Waals surface area (Å²) in [7, 11) is 1.83. The van der Waals surface area contributed by atoms with Crippen LogP contribution in [-0.4, -0.2) is 60.4 Å². The number of hydrogen-bond acceptors (Lipinski definition) is 6. The smallest absolute Gasteiger partial charge is 0.241 e. The first-order chi connectivity index (χ1) is 13.6. The molecule has 0 spiro atoms. The van der Waals surface area contributed by atoms with Gasteiger partial charge in [0.15, 0.2) is 11.6 Å². The normalized spacial score (nSPS) is 17.5. The number of morpholine rings is 1. The van der Waals surface area contributed by atoms with Gasteiger partial charge < -0.3 is 9.64 Å². The van der Waals surface area contributed by atoms with E-state index in [0.717, 1.165) is 11.5 Å². The quantitative estimate of drug-likeness (QED) is 0.582. The van der Waals surface area contributed by atoms with Crippen molar-refractivity contribution in [1.82, 2.24) is 34.6 Å². The number of ether oxygens (including phenoxy) is 1. The Bertz CT molecular complexity index is 1130. The van der Waals surface area contributed by atoms with Crippen LogP contribution >= 0.6 is 0 Å². The summed E-state index contributed by atoms with van der Waals surface area (Å²) >= 11 is 0. The third kappa shape index (κ3) is 2.56. The minimum Gasteiger partial charge on any atom is -0.377 e. The minimum absolute atomic E-state index is 0.155. The van der Waals surface area contributed by atoms with Crippen LogP contribution in [0.5, 0.6) is 0 Å². The van der Waals surface area contributed by atoms with E-state index >= 15 is 0 Å². The SMILES string of the molecule is CC1COCCN1c1cc(-c2ccnn2C)c2c(F)nc(-c3ccn[nH]3)n2n1. The Hall–Kier alpha value is -3.27. The molecule has 5 heterocycles. The largest absolute Gasteiger partial charge is 0.377 e. The second-order valence-electron chi connectivity index (χ2n) is 6.83. The predicted octanol–water partition coefficient (Wildman–Crippen LogP) is 1.88. The Labute approximate surface area is 159 Å². The molecule has 1 N–H and O–H groups in total. The highest BCUT2D eigenvalue weighted by molar-refractivity contribution is 5.82. The fourth-order valence-corrected chi connectivity index (χ4v) is 3.63. The monoisotopic (exact) mass is 382 g/mol. The average molecular weight is 382 g/mol. The van der Waals surface area contributed by atoms with E-state index < -0.39 is 5.95 Å². The van der Waals surface area contributed by atoms with Crippen molar-refractivity contribution in [2.45, 2.75) is 13.0 Å². The molecule has 0 bridgehead atoms. The van der Waals surface area contributed by atoms with Crippen molar-refractivity contribution >= 4 is 11.3 Å². The summed E-state index contributed by atoms with van der Waals surface area (Å²) in [5.41, 5.74) is 2.36. The molecule has 28 heavy (non-hydrogen) atoms. The van der Waals surface area contributed by atoms with Gasteiger partial charge in [-0.1, -0.05) is 0 Å². The van der Waals surface area contributed by atoms with Crippen LogP contribution in [0.25, 0.3) is 28.3 Å². The lowest BCUT2D eigenvalue weighted by Gasteiger charge is -2.34. The van der Waals surface area contributed by atoms with Crippen LogP contribution in [0.3, 0.4) is 0 Å². The molecule has 5 rings (SSSR count). The molecule has 0 radical (unpaired) electrons. The van der Waals surface area contributed by atoms with Crippen molar-refractivity contribution in [3.05, 3.63) is 36.5 Å². The molecule has 1 fully saturated rings. The predicted molar refractivity (Wildman–Crippen MR) is 100 cm³/mol. The third-order valence-electron chi connectivity index (χ3n) is 5.04. The van der Waals surface area contributed by atoms with Gasteiger partial charge in [-0.2, -0.15) is 19.6 Å². The number of nitrogens with one attached hydrogen (secondary N) is 1. The van der Waals surface area contributed by atoms with E-state index in [4.69, 9.17) is 9.84 Å². The van der Waals surface area contributed by atoms with Crippen molar-refractivity contribution in [2.24, 2.45) is 7.05 Å². The van der Waals surface area contributed by atoms with Crippen molar-refractivity contribution in [3.63, 3.8) is 0 Å². The van der Waals surface area contributed by atoms with Gasteiger partial charge >= 0.3 is 0 Å². The Balaban J connectivity index is 1.80. The number of imidazole rings is 1. The number of nitrogens with zero attached hydrogens (tertiary/aromatic N) is 7. The Morgan fingerprint density at radius 1 is 1.29 bits per heavy atom. The van der Waals surface area contributed by atoms with Gasteiger partial charge in [0.25, 0.3) is 0 Å². The number of aromatic nitrogens is 7. The van der Waals surface area contributed by atoms with Crippen molar-refractivity contribution in [2.75, 3.05) is 24.7 Å². The van der Waals surface area contributed by atoms with Crippen LogP contribution < -0.4 is 4.90 Å². The first-order valence-corrected chi connectivity index (χ1v) is 9.05. The molecule has 144 valence electrons. The molecule has 1 atom stereocenters. The number of rotatable bonds is 3. The van der Waals surface area contributed by atoms with Crippen LogP contribution in [0, 0.1) is 5.95 Å². The fraction of sp³-hybridized carbons (Fsp3) is 0.333. The summed E-state index contributed by atoms with van der Waals surface area (Å²) < 4.78 is 23.8. The average Bonchev–Trinajstić information content (AvgIpc) is 3.42. The van der Waals surface area contributed by atoms with Crippen LogP contribution in [0.15, 0.2) is 30.6 Å². The zero-order valence-corrected chi connectivity index (χ0v) is 15.5. The summed E-state index contributed by atoms with van der Waals surface area (Å²) in [5, 5.41) is 15.8. The topological polar surface area (TPSA) is 89.2 Å². The fourth-order valence-electron chi connectivity index (χ4n) is 3.63. The lowest BCUT2D eigenvalue weighted by atomic mass is 10.1. The van der Waals surface area contributed by atoms with Gasteiger partial charge in [-0.3, -0.25) is 9.78 Å². The third-order valence-corrected chi connectivity index (χ3v) is 5.04. The van der Waals surface area contributed by atoms with Gasteiger partial charge in [-0.05, 0) is 25.1 Å². The zero-order chi connectivity index (χ0) is 19.3. The lowest BCUT2D eigenvalue weighted by Crippen LogP contribution is -2.44. The highest BCUT2D eigenvalue weighted by atomic mass is 19.1. The summed E-state index contributed by atoms with van der Waals surface area (Å²) in [5.74, 6) is 0.517. The maximum absolute atomic E-state index is 15.0. The second-order valence-corrected chi connectivity index (χ2v) is 6.83. The molecule has 1 saturated heterocycles. The van der Waals surface area contributed by atoms with E-state index in [1.165, 1.54) is 0 Å². The molecule has 1 unspecified atom stereocenters. The number of aryl methyl sites for hydroxylation is 1. The molecule has 0 amide bonds.